The van der Waals surface area contributed by atoms with Gasteiger partial charge in [-0.2, -0.15) is 0 Å². The second-order valence-corrected chi connectivity index (χ2v) is 6.89. The van der Waals surface area contributed by atoms with Crippen LogP contribution in [0.3, 0.4) is 0 Å². The summed E-state index contributed by atoms with van der Waals surface area (Å²) in [7, 11) is 0. The maximum Gasteiger partial charge on any atom is 0.142 e. The molecule has 3 nitrogen and oxygen atoms in total. The van der Waals surface area contributed by atoms with Crippen molar-refractivity contribution in [2.75, 3.05) is 31.1 Å². The van der Waals surface area contributed by atoms with Gasteiger partial charge in [0.25, 0.3) is 0 Å². The fourth-order valence-corrected chi connectivity index (χ4v) is 3.79. The summed E-state index contributed by atoms with van der Waals surface area (Å²) >= 11 is 7.07. The highest BCUT2D eigenvalue weighted by Crippen LogP contribution is 2.29. The van der Waals surface area contributed by atoms with E-state index in [0.717, 1.165) is 46.9 Å². The Balaban J connectivity index is 1.96. The monoisotopic (exact) mass is 389 g/mol. The second kappa shape index (κ2) is 7.60. The van der Waals surface area contributed by atoms with Gasteiger partial charge in [0.2, 0.25) is 0 Å². The van der Waals surface area contributed by atoms with E-state index in [-0.39, 0.29) is 0 Å². The third kappa shape index (κ3) is 4.43. The number of nitrogens with zero attached hydrogens (tertiary/aromatic N) is 2. The first-order valence-electron chi connectivity index (χ1n) is 6.97. The molecule has 0 radical (unpaired) electrons. The van der Waals surface area contributed by atoms with Crippen LogP contribution in [0.2, 0.25) is 0 Å². The van der Waals surface area contributed by atoms with Crippen LogP contribution < -0.4 is 10.2 Å². The molecular weight excluding hydrogens is 370 g/mol. The van der Waals surface area contributed by atoms with Crippen LogP contribution in [0.5, 0.6) is 0 Å². The lowest BCUT2D eigenvalue weighted by Gasteiger charge is -2.34. The predicted octanol–water partition coefficient (Wildman–Crippen LogP) is 3.82. The van der Waals surface area contributed by atoms with Crippen LogP contribution >= 0.6 is 31.9 Å². The van der Waals surface area contributed by atoms with Gasteiger partial charge in [-0.1, -0.05) is 6.92 Å². The lowest BCUT2D eigenvalue weighted by atomic mass is 9.98. The van der Waals surface area contributed by atoms with Gasteiger partial charge in [0.05, 0.1) is 4.47 Å². The van der Waals surface area contributed by atoms with Gasteiger partial charge in [0.1, 0.15) is 5.82 Å². The third-order valence-electron chi connectivity index (χ3n) is 3.47. The summed E-state index contributed by atoms with van der Waals surface area (Å²) in [5.74, 6) is 1.81. The van der Waals surface area contributed by atoms with Crippen molar-refractivity contribution >= 4 is 37.7 Å². The smallest absolute Gasteiger partial charge is 0.142 e. The first-order chi connectivity index (χ1) is 9.20. The third-order valence-corrected chi connectivity index (χ3v) is 4.48. The zero-order valence-corrected chi connectivity index (χ0v) is 14.5. The average molecular weight is 391 g/mol. The van der Waals surface area contributed by atoms with Gasteiger partial charge in [-0.05, 0) is 76.2 Å². The van der Waals surface area contributed by atoms with Gasteiger partial charge >= 0.3 is 0 Å². The Morgan fingerprint density at radius 1 is 1.47 bits per heavy atom. The van der Waals surface area contributed by atoms with E-state index in [0.29, 0.717) is 0 Å². The highest BCUT2D eigenvalue weighted by atomic mass is 79.9. The molecule has 1 aliphatic heterocycles. The van der Waals surface area contributed by atoms with E-state index in [1.807, 2.05) is 6.20 Å². The summed E-state index contributed by atoms with van der Waals surface area (Å²) in [5, 5.41) is 3.53. The van der Waals surface area contributed by atoms with E-state index < -0.39 is 0 Å². The van der Waals surface area contributed by atoms with Crippen LogP contribution in [-0.2, 0) is 0 Å². The number of aromatic nitrogens is 1. The molecule has 0 saturated carbocycles. The number of nitrogens with one attached hydrogen (secondary N) is 1. The Morgan fingerprint density at radius 2 is 2.32 bits per heavy atom. The summed E-state index contributed by atoms with van der Waals surface area (Å²) < 4.78 is 2.09. The van der Waals surface area contributed by atoms with E-state index in [9.17, 15) is 0 Å². The first kappa shape index (κ1) is 15.3. The number of pyridine rings is 1. The van der Waals surface area contributed by atoms with Gasteiger partial charge in [-0.25, -0.2) is 4.98 Å². The number of anilines is 1. The van der Waals surface area contributed by atoms with E-state index in [1.165, 1.54) is 19.3 Å². The molecule has 0 bridgehead atoms. The Labute approximate surface area is 132 Å². The molecule has 1 aliphatic rings. The number of halogens is 2. The van der Waals surface area contributed by atoms with Crippen LogP contribution in [0.15, 0.2) is 21.2 Å². The summed E-state index contributed by atoms with van der Waals surface area (Å²) in [6.45, 7) is 6.67. The van der Waals surface area contributed by atoms with Crippen molar-refractivity contribution in [1.82, 2.24) is 10.3 Å². The van der Waals surface area contributed by atoms with Gasteiger partial charge in [-0.3, -0.25) is 0 Å². The van der Waals surface area contributed by atoms with Crippen molar-refractivity contribution in [2.24, 2.45) is 5.92 Å². The van der Waals surface area contributed by atoms with Gasteiger partial charge in [-0.15, -0.1) is 0 Å². The molecule has 1 saturated heterocycles. The van der Waals surface area contributed by atoms with Crippen molar-refractivity contribution in [2.45, 2.75) is 26.2 Å². The van der Waals surface area contributed by atoms with Gasteiger partial charge < -0.3 is 10.2 Å². The first-order valence-corrected chi connectivity index (χ1v) is 8.56. The van der Waals surface area contributed by atoms with Crippen molar-refractivity contribution in [3.8, 4) is 0 Å². The molecule has 0 aliphatic carbocycles. The van der Waals surface area contributed by atoms with Gasteiger partial charge in [0.15, 0.2) is 0 Å². The molecule has 1 aromatic rings. The van der Waals surface area contributed by atoms with Crippen molar-refractivity contribution in [3.05, 3.63) is 21.2 Å². The topological polar surface area (TPSA) is 28.2 Å². The summed E-state index contributed by atoms with van der Waals surface area (Å²) in [6.07, 6.45) is 5.65. The van der Waals surface area contributed by atoms with Crippen LogP contribution in [0.4, 0.5) is 5.82 Å². The highest BCUT2D eigenvalue weighted by molar-refractivity contribution is 9.11. The fourth-order valence-electron chi connectivity index (χ4n) is 2.55. The minimum absolute atomic E-state index is 0.734. The number of hydrogen-bond acceptors (Lipinski definition) is 3. The molecule has 1 N–H and O–H groups in total. The number of rotatable bonds is 5. The largest absolute Gasteiger partial charge is 0.355 e. The standard InChI is InChI=1S/C14H21Br2N3/c1-2-5-17-8-11-4-3-6-19(10-11)14-13(16)7-12(15)9-18-14/h7,9,11,17H,2-6,8,10H2,1H3. The van der Waals surface area contributed by atoms with Crippen LogP contribution in [0.25, 0.3) is 0 Å². The SMILES string of the molecule is CCCNCC1CCCN(c2ncc(Br)cc2Br)C1. The minimum atomic E-state index is 0.734. The Hall–Kier alpha value is -0.130. The quantitative estimate of drug-likeness (QED) is 0.774. The van der Waals surface area contributed by atoms with E-state index in [1.54, 1.807) is 0 Å². The van der Waals surface area contributed by atoms with Crippen molar-refractivity contribution in [3.63, 3.8) is 0 Å². The number of hydrogen-bond donors (Lipinski definition) is 1. The summed E-state index contributed by atoms with van der Waals surface area (Å²) in [6, 6.07) is 2.07. The maximum absolute atomic E-state index is 4.54. The molecule has 5 heteroatoms. The minimum Gasteiger partial charge on any atom is -0.355 e. The molecular formula is C14H21Br2N3. The van der Waals surface area contributed by atoms with Crippen LogP contribution in [0, 0.1) is 5.92 Å². The zero-order valence-electron chi connectivity index (χ0n) is 11.3. The van der Waals surface area contributed by atoms with Crippen molar-refractivity contribution < 1.29 is 0 Å². The molecule has 1 fully saturated rings. The molecule has 0 amide bonds. The number of piperidine rings is 1. The molecule has 0 aromatic carbocycles. The summed E-state index contributed by atoms with van der Waals surface area (Å²) in [4.78, 5) is 6.95. The zero-order chi connectivity index (χ0) is 13.7. The van der Waals surface area contributed by atoms with E-state index >= 15 is 0 Å². The maximum atomic E-state index is 4.54. The molecule has 106 valence electrons. The molecule has 2 heterocycles. The van der Waals surface area contributed by atoms with E-state index in [4.69, 9.17) is 0 Å². The molecule has 19 heavy (non-hydrogen) atoms. The predicted molar refractivity (Wildman–Crippen MR) is 87.7 cm³/mol. The lowest BCUT2D eigenvalue weighted by molar-refractivity contribution is 0.391. The van der Waals surface area contributed by atoms with E-state index in [2.05, 4.69) is 60.1 Å². The highest BCUT2D eigenvalue weighted by Gasteiger charge is 2.22. The molecule has 2 rings (SSSR count). The van der Waals surface area contributed by atoms with Crippen LogP contribution in [0.1, 0.15) is 26.2 Å². The molecule has 1 aromatic heterocycles. The van der Waals surface area contributed by atoms with Crippen LogP contribution in [-0.4, -0.2) is 31.2 Å². The normalized spacial score (nSPS) is 19.7. The van der Waals surface area contributed by atoms with Crippen molar-refractivity contribution in [1.29, 1.82) is 0 Å². The molecule has 0 spiro atoms. The Morgan fingerprint density at radius 3 is 3.05 bits per heavy atom. The average Bonchev–Trinajstić information content (AvgIpc) is 2.39. The lowest BCUT2D eigenvalue weighted by Crippen LogP contribution is -2.40. The summed E-state index contributed by atoms with van der Waals surface area (Å²) in [5.41, 5.74) is 0. The second-order valence-electron chi connectivity index (χ2n) is 5.12. The molecule has 1 unspecified atom stereocenters. The molecule has 1 atom stereocenters. The Bertz CT molecular complexity index is 412. The fraction of sp³-hybridized carbons (Fsp3) is 0.643. The Kier molecular flexibility index (Phi) is 6.10. The van der Waals surface area contributed by atoms with Gasteiger partial charge in [0, 0.05) is 23.8 Å².